The Hall–Kier alpha value is -1.62. The summed E-state index contributed by atoms with van der Waals surface area (Å²) in [6, 6.07) is 2.55. The Morgan fingerprint density at radius 1 is 1.50 bits per heavy atom. The summed E-state index contributed by atoms with van der Waals surface area (Å²) in [5.41, 5.74) is 5.38. The highest BCUT2D eigenvalue weighted by atomic mass is 16.4. The van der Waals surface area contributed by atoms with Crippen LogP contribution in [0.1, 0.15) is 24.2 Å². The van der Waals surface area contributed by atoms with Crippen LogP contribution in [0, 0.1) is 5.92 Å². The molecule has 0 aliphatic rings. The molecule has 1 amide bonds. The molecule has 1 rings (SSSR count). The molecule has 0 radical (unpaired) electrons. The Balaban J connectivity index is 2.71. The molecule has 5 heteroatoms. The lowest BCUT2D eigenvalue weighted by Crippen LogP contribution is -2.43. The summed E-state index contributed by atoms with van der Waals surface area (Å²) in [7, 11) is 0. The average molecular weight is 224 g/mol. The number of amides is 1. The zero-order valence-electron chi connectivity index (χ0n) is 9.40. The van der Waals surface area contributed by atoms with Crippen LogP contribution in [0.4, 0.5) is 0 Å². The molecule has 1 aromatic heterocycles. The van der Waals surface area contributed by atoms with Crippen LogP contribution < -0.4 is 16.7 Å². The Morgan fingerprint density at radius 2 is 2.19 bits per heavy atom. The zero-order chi connectivity index (χ0) is 12.1. The lowest BCUT2D eigenvalue weighted by Gasteiger charge is -2.20. The first-order valence-corrected chi connectivity index (χ1v) is 5.14. The van der Waals surface area contributed by atoms with E-state index in [2.05, 4.69) is 9.73 Å². The molecule has 0 fully saturated rings. The molecular weight excluding hydrogens is 208 g/mol. The van der Waals surface area contributed by atoms with Gasteiger partial charge in [-0.15, -0.1) is 0 Å². The van der Waals surface area contributed by atoms with Crippen LogP contribution in [-0.2, 0) is 0 Å². The first-order chi connectivity index (χ1) is 7.54. The number of hydrogen-bond donors (Lipinski definition) is 2. The Labute approximate surface area is 93.6 Å². The number of rotatable bonds is 4. The largest absolute Gasteiger partial charge is 0.430 e. The van der Waals surface area contributed by atoms with Crippen molar-refractivity contribution in [3.63, 3.8) is 0 Å². The highest BCUT2D eigenvalue weighted by Gasteiger charge is 2.15. The first-order valence-electron chi connectivity index (χ1n) is 5.14. The highest BCUT2D eigenvalue weighted by Crippen LogP contribution is 2.02. The fraction of sp³-hybridized carbons (Fsp3) is 0.455. The van der Waals surface area contributed by atoms with Gasteiger partial charge in [0.15, 0.2) is 0 Å². The maximum absolute atomic E-state index is 11.7. The topological polar surface area (TPSA) is 85.3 Å². The van der Waals surface area contributed by atoms with Crippen molar-refractivity contribution >= 4 is 5.91 Å². The van der Waals surface area contributed by atoms with Gasteiger partial charge < -0.3 is 15.5 Å². The van der Waals surface area contributed by atoms with E-state index in [0.717, 1.165) is 6.26 Å². The molecule has 0 saturated heterocycles. The van der Waals surface area contributed by atoms with Gasteiger partial charge in [0.05, 0.1) is 5.56 Å². The molecule has 16 heavy (non-hydrogen) atoms. The summed E-state index contributed by atoms with van der Waals surface area (Å²) in [6.07, 6.45) is 1.14. The van der Waals surface area contributed by atoms with Crippen molar-refractivity contribution in [1.82, 2.24) is 5.32 Å². The van der Waals surface area contributed by atoms with Gasteiger partial charge in [-0.1, -0.05) is 13.8 Å². The minimum atomic E-state index is -0.476. The Kier molecular flexibility index (Phi) is 4.25. The van der Waals surface area contributed by atoms with E-state index in [1.165, 1.54) is 12.1 Å². The van der Waals surface area contributed by atoms with Crippen LogP contribution in [0.5, 0.6) is 0 Å². The van der Waals surface area contributed by atoms with Crippen molar-refractivity contribution in [2.75, 3.05) is 6.54 Å². The summed E-state index contributed by atoms with van der Waals surface area (Å²) in [6.45, 7) is 4.33. The second kappa shape index (κ2) is 5.46. The molecule has 1 aromatic rings. The Bertz CT molecular complexity index is 391. The van der Waals surface area contributed by atoms with Gasteiger partial charge in [0.25, 0.3) is 5.91 Å². The van der Waals surface area contributed by atoms with E-state index in [1.54, 1.807) is 0 Å². The second-order valence-corrected chi connectivity index (χ2v) is 3.90. The van der Waals surface area contributed by atoms with Crippen molar-refractivity contribution in [3.8, 4) is 0 Å². The molecule has 0 aliphatic carbocycles. The van der Waals surface area contributed by atoms with Crippen molar-refractivity contribution in [2.24, 2.45) is 11.7 Å². The third kappa shape index (κ3) is 3.20. The van der Waals surface area contributed by atoms with Crippen molar-refractivity contribution in [2.45, 2.75) is 19.9 Å². The van der Waals surface area contributed by atoms with E-state index >= 15 is 0 Å². The van der Waals surface area contributed by atoms with Gasteiger partial charge >= 0.3 is 5.63 Å². The van der Waals surface area contributed by atoms with Crippen LogP contribution in [0.2, 0.25) is 0 Å². The summed E-state index contributed by atoms with van der Waals surface area (Å²) in [4.78, 5) is 22.4. The summed E-state index contributed by atoms with van der Waals surface area (Å²) in [5, 5.41) is 2.78. The van der Waals surface area contributed by atoms with Crippen molar-refractivity contribution < 1.29 is 9.21 Å². The molecule has 0 spiro atoms. The summed E-state index contributed by atoms with van der Waals surface area (Å²) < 4.78 is 4.61. The molecule has 0 aliphatic heterocycles. The normalized spacial score (nSPS) is 12.5. The molecule has 0 saturated carbocycles. The van der Waals surface area contributed by atoms with Crippen LogP contribution in [0.25, 0.3) is 0 Å². The van der Waals surface area contributed by atoms with E-state index < -0.39 is 5.63 Å². The van der Waals surface area contributed by atoms with Crippen LogP contribution in [-0.4, -0.2) is 18.5 Å². The van der Waals surface area contributed by atoms with E-state index in [4.69, 9.17) is 5.73 Å². The molecule has 1 atom stereocenters. The first kappa shape index (κ1) is 12.4. The molecule has 1 unspecified atom stereocenters. The predicted octanol–water partition coefficient (Wildman–Crippen LogP) is 0.353. The number of carbonyl (C=O) groups excluding carboxylic acids is 1. The highest BCUT2D eigenvalue weighted by molar-refractivity contribution is 5.93. The molecule has 0 bridgehead atoms. The number of carbonyl (C=O) groups is 1. The average Bonchev–Trinajstić information content (AvgIpc) is 2.26. The van der Waals surface area contributed by atoms with Crippen molar-refractivity contribution in [1.29, 1.82) is 0 Å². The molecule has 1 heterocycles. The third-order valence-corrected chi connectivity index (χ3v) is 2.34. The fourth-order valence-electron chi connectivity index (χ4n) is 1.24. The summed E-state index contributed by atoms with van der Waals surface area (Å²) in [5.74, 6) is -0.0300. The SMILES string of the molecule is CC(C)C(CN)NC(=O)c1ccc(=O)oc1. The molecule has 88 valence electrons. The van der Waals surface area contributed by atoms with Crippen LogP contribution >= 0.6 is 0 Å². The Morgan fingerprint density at radius 3 is 2.62 bits per heavy atom. The third-order valence-electron chi connectivity index (χ3n) is 2.34. The zero-order valence-corrected chi connectivity index (χ0v) is 9.40. The van der Waals surface area contributed by atoms with E-state index in [9.17, 15) is 9.59 Å². The van der Waals surface area contributed by atoms with Gasteiger partial charge in [-0.05, 0) is 12.0 Å². The van der Waals surface area contributed by atoms with Gasteiger partial charge in [0, 0.05) is 18.7 Å². The fourth-order valence-corrected chi connectivity index (χ4v) is 1.24. The van der Waals surface area contributed by atoms with Gasteiger partial charge in [0.2, 0.25) is 0 Å². The molecule has 5 nitrogen and oxygen atoms in total. The predicted molar refractivity (Wildman–Crippen MR) is 60.1 cm³/mol. The molecular formula is C11H16N2O3. The van der Waals surface area contributed by atoms with E-state index in [0.29, 0.717) is 12.1 Å². The minimum absolute atomic E-state index is 0.0839. The minimum Gasteiger partial charge on any atom is -0.430 e. The maximum Gasteiger partial charge on any atom is 0.335 e. The number of nitrogens with two attached hydrogens (primary N) is 1. The van der Waals surface area contributed by atoms with Gasteiger partial charge in [-0.3, -0.25) is 4.79 Å². The quantitative estimate of drug-likeness (QED) is 0.773. The number of nitrogens with one attached hydrogen (secondary N) is 1. The molecule has 3 N–H and O–H groups in total. The van der Waals surface area contributed by atoms with Crippen LogP contribution in [0.3, 0.4) is 0 Å². The maximum atomic E-state index is 11.7. The van der Waals surface area contributed by atoms with Gasteiger partial charge in [-0.25, -0.2) is 4.79 Å². The van der Waals surface area contributed by atoms with Crippen molar-refractivity contribution in [3.05, 3.63) is 34.4 Å². The van der Waals surface area contributed by atoms with E-state index in [-0.39, 0.29) is 17.9 Å². The lowest BCUT2D eigenvalue weighted by molar-refractivity contribution is 0.0925. The van der Waals surface area contributed by atoms with E-state index in [1.807, 2.05) is 13.8 Å². The van der Waals surface area contributed by atoms with Crippen LogP contribution in [0.15, 0.2) is 27.6 Å². The standard InChI is InChI=1S/C11H16N2O3/c1-7(2)9(5-12)13-11(15)8-3-4-10(14)16-6-8/h3-4,6-7,9H,5,12H2,1-2H3,(H,13,15). The lowest BCUT2D eigenvalue weighted by atomic mass is 10.0. The van der Waals surface area contributed by atoms with Gasteiger partial charge in [-0.2, -0.15) is 0 Å². The smallest absolute Gasteiger partial charge is 0.335 e. The molecule has 0 aromatic carbocycles. The second-order valence-electron chi connectivity index (χ2n) is 3.90. The monoisotopic (exact) mass is 224 g/mol. The van der Waals surface area contributed by atoms with Gasteiger partial charge in [0.1, 0.15) is 6.26 Å². The summed E-state index contributed by atoms with van der Waals surface area (Å²) >= 11 is 0. The number of hydrogen-bond acceptors (Lipinski definition) is 4.